The summed E-state index contributed by atoms with van der Waals surface area (Å²) in [4.78, 5) is 30.8. The molecule has 0 bridgehead atoms. The number of aryl methyl sites for hydroxylation is 2. The summed E-state index contributed by atoms with van der Waals surface area (Å²) in [5.41, 5.74) is 8.19. The van der Waals surface area contributed by atoms with Crippen LogP contribution in [0.5, 0.6) is 0 Å². The van der Waals surface area contributed by atoms with E-state index in [-0.39, 0.29) is 24.0 Å². The van der Waals surface area contributed by atoms with Crippen LogP contribution in [0, 0.1) is 20.8 Å². The Bertz CT molecular complexity index is 1610. The number of carbonyl (C=O) groups excluding carboxylic acids is 2. The zero-order chi connectivity index (χ0) is 29.3. The highest BCUT2D eigenvalue weighted by Crippen LogP contribution is 2.44. The van der Waals surface area contributed by atoms with Gasteiger partial charge in [-0.05, 0) is 105 Å². The van der Waals surface area contributed by atoms with E-state index in [0.29, 0.717) is 17.1 Å². The number of thiocarbonyl (C=S) groups is 1. The molecule has 2 aromatic heterocycles. The van der Waals surface area contributed by atoms with E-state index in [1.807, 2.05) is 56.3 Å². The summed E-state index contributed by atoms with van der Waals surface area (Å²) >= 11 is 5.93. The minimum Gasteiger partial charge on any atom is -0.465 e. The van der Waals surface area contributed by atoms with E-state index in [1.165, 1.54) is 7.11 Å². The number of pyridine rings is 1. The molecule has 0 spiro atoms. The molecule has 4 aromatic rings. The number of esters is 1. The first kappa shape index (κ1) is 28.0. The summed E-state index contributed by atoms with van der Waals surface area (Å²) in [6, 6.07) is 21.1. The maximum absolute atomic E-state index is 12.0. The molecule has 2 aromatic carbocycles. The van der Waals surface area contributed by atoms with Crippen molar-refractivity contribution < 1.29 is 14.3 Å². The number of hydrogen-bond donors (Lipinski definition) is 2. The normalized spacial score (nSPS) is 16.4. The molecule has 0 aliphatic carbocycles. The van der Waals surface area contributed by atoms with Crippen LogP contribution >= 0.6 is 12.2 Å². The van der Waals surface area contributed by atoms with Gasteiger partial charge in [0.25, 0.3) is 0 Å². The largest absolute Gasteiger partial charge is 0.465 e. The highest BCUT2D eigenvalue weighted by atomic mass is 32.1. The number of hydrogen-bond acceptors (Lipinski definition) is 5. The lowest BCUT2D eigenvalue weighted by molar-refractivity contribution is -0.115. The van der Waals surface area contributed by atoms with Crippen LogP contribution in [-0.4, -0.2) is 33.6 Å². The van der Waals surface area contributed by atoms with Gasteiger partial charge in [0.2, 0.25) is 5.91 Å². The Hall–Kier alpha value is -4.50. The number of ether oxygens (including phenoxy) is 1. The Kier molecular flexibility index (Phi) is 7.90. The van der Waals surface area contributed by atoms with Crippen molar-refractivity contribution >= 4 is 40.6 Å². The number of benzene rings is 2. The third-order valence-electron chi connectivity index (χ3n) is 7.52. The molecule has 8 nitrogen and oxygen atoms in total. The van der Waals surface area contributed by atoms with Gasteiger partial charge in [0.05, 0.1) is 30.5 Å². The quantitative estimate of drug-likeness (QED) is 0.206. The van der Waals surface area contributed by atoms with Crippen molar-refractivity contribution in [3.63, 3.8) is 0 Å². The Morgan fingerprint density at radius 3 is 2.39 bits per heavy atom. The summed E-state index contributed by atoms with van der Waals surface area (Å²) in [5, 5.41) is 7.10. The van der Waals surface area contributed by atoms with E-state index in [4.69, 9.17) is 17.0 Å². The lowest BCUT2D eigenvalue weighted by Gasteiger charge is -2.29. The maximum atomic E-state index is 12.0. The first-order valence-corrected chi connectivity index (χ1v) is 13.9. The lowest BCUT2D eigenvalue weighted by Crippen LogP contribution is -2.29. The van der Waals surface area contributed by atoms with E-state index in [1.54, 1.807) is 18.3 Å². The van der Waals surface area contributed by atoms with Crippen molar-refractivity contribution in [2.75, 3.05) is 17.3 Å². The van der Waals surface area contributed by atoms with Crippen LogP contribution in [0.1, 0.15) is 64.0 Å². The Balaban J connectivity index is 1.60. The fourth-order valence-corrected chi connectivity index (χ4v) is 5.82. The second-order valence-electron chi connectivity index (χ2n) is 10.1. The molecule has 0 radical (unpaired) electrons. The van der Waals surface area contributed by atoms with Crippen molar-refractivity contribution in [3.8, 4) is 5.69 Å². The highest BCUT2D eigenvalue weighted by Gasteiger charge is 2.42. The predicted molar refractivity (Wildman–Crippen MR) is 165 cm³/mol. The zero-order valence-electron chi connectivity index (χ0n) is 23.8. The van der Waals surface area contributed by atoms with Crippen LogP contribution in [0.3, 0.4) is 0 Å². The van der Waals surface area contributed by atoms with E-state index >= 15 is 0 Å². The van der Waals surface area contributed by atoms with Gasteiger partial charge in [-0.25, -0.2) is 4.79 Å². The molecule has 1 saturated heterocycles. The van der Waals surface area contributed by atoms with Gasteiger partial charge < -0.3 is 24.8 Å². The lowest BCUT2D eigenvalue weighted by atomic mass is 9.96. The summed E-state index contributed by atoms with van der Waals surface area (Å²) in [7, 11) is 1.38. The molecular formula is C32H33N5O3S. The Morgan fingerprint density at radius 1 is 1.02 bits per heavy atom. The molecule has 1 aliphatic heterocycles. The number of nitrogens with one attached hydrogen (secondary N) is 2. The number of anilines is 2. The Labute approximate surface area is 245 Å². The molecule has 1 fully saturated rings. The van der Waals surface area contributed by atoms with Gasteiger partial charge in [0.1, 0.15) is 0 Å². The minimum atomic E-state index is -0.367. The van der Waals surface area contributed by atoms with E-state index in [2.05, 4.69) is 51.1 Å². The van der Waals surface area contributed by atoms with E-state index in [0.717, 1.165) is 45.3 Å². The van der Waals surface area contributed by atoms with E-state index in [9.17, 15) is 9.59 Å². The zero-order valence-corrected chi connectivity index (χ0v) is 24.6. The number of aromatic nitrogens is 2. The van der Waals surface area contributed by atoms with Crippen LogP contribution in [-0.2, 0) is 9.53 Å². The van der Waals surface area contributed by atoms with Crippen molar-refractivity contribution in [2.45, 2.75) is 46.2 Å². The molecule has 2 atom stereocenters. The van der Waals surface area contributed by atoms with Crippen molar-refractivity contribution in [1.82, 2.24) is 14.9 Å². The molecule has 0 saturated carbocycles. The summed E-state index contributed by atoms with van der Waals surface area (Å²) < 4.78 is 7.04. The average Bonchev–Trinajstić information content (AvgIpc) is 3.48. The van der Waals surface area contributed by atoms with Crippen molar-refractivity contribution in [3.05, 3.63) is 107 Å². The molecule has 210 valence electrons. The average molecular weight is 568 g/mol. The maximum Gasteiger partial charge on any atom is 0.337 e. The summed E-state index contributed by atoms with van der Waals surface area (Å²) in [6.45, 7) is 7.98. The van der Waals surface area contributed by atoms with Crippen LogP contribution < -0.4 is 15.5 Å². The molecule has 2 N–H and O–H groups in total. The fourth-order valence-electron chi connectivity index (χ4n) is 5.47. The number of amides is 1. The molecule has 9 heteroatoms. The topological polar surface area (TPSA) is 88.5 Å². The van der Waals surface area contributed by atoms with Crippen molar-refractivity contribution in [2.24, 2.45) is 0 Å². The van der Waals surface area contributed by atoms with E-state index < -0.39 is 0 Å². The van der Waals surface area contributed by atoms with Gasteiger partial charge in [-0.15, -0.1) is 0 Å². The first-order chi connectivity index (χ1) is 19.7. The molecule has 1 aliphatic rings. The number of methoxy groups -OCH3 is 1. The predicted octanol–water partition coefficient (Wildman–Crippen LogP) is 6.11. The summed E-state index contributed by atoms with van der Waals surface area (Å²) in [6.07, 6.45) is 2.21. The third-order valence-corrected chi connectivity index (χ3v) is 7.83. The van der Waals surface area contributed by atoms with Gasteiger partial charge in [-0.2, -0.15) is 0 Å². The van der Waals surface area contributed by atoms with Crippen LogP contribution in [0.15, 0.2) is 72.9 Å². The first-order valence-electron chi connectivity index (χ1n) is 13.5. The third kappa shape index (κ3) is 5.32. The minimum absolute atomic E-state index is 0.0284. The monoisotopic (exact) mass is 567 g/mol. The molecule has 3 heterocycles. The van der Waals surface area contributed by atoms with Crippen molar-refractivity contribution in [1.29, 1.82) is 0 Å². The van der Waals surface area contributed by atoms with Gasteiger partial charge in [-0.1, -0.05) is 13.0 Å². The highest BCUT2D eigenvalue weighted by molar-refractivity contribution is 7.80. The van der Waals surface area contributed by atoms with Crippen LogP contribution in [0.25, 0.3) is 5.69 Å². The van der Waals surface area contributed by atoms with Gasteiger partial charge in [-0.3, -0.25) is 9.78 Å². The molecule has 5 rings (SSSR count). The molecule has 1 amide bonds. The fraction of sp³-hybridized carbons (Fsp3) is 0.250. The van der Waals surface area contributed by atoms with Gasteiger partial charge >= 0.3 is 5.97 Å². The Morgan fingerprint density at radius 2 is 1.76 bits per heavy atom. The second kappa shape index (κ2) is 11.5. The molecular weight excluding hydrogens is 534 g/mol. The molecule has 41 heavy (non-hydrogen) atoms. The standard InChI is InChI=1S/C32H33N5O3S/c1-6-28(38)34-26-15-14-24(17-19(26)2)37-30(29(35-32(37)41)27-9-7-8-16-33-27)25-18-20(3)36(21(25)4)23-12-10-22(11-13-23)31(39)40-5/h7-18,29-30H,6H2,1-5H3,(H,34,38)(H,35,41). The number of carbonyl (C=O) groups is 2. The smallest absolute Gasteiger partial charge is 0.337 e. The number of nitrogens with zero attached hydrogens (tertiary/aromatic N) is 3. The van der Waals surface area contributed by atoms with Crippen LogP contribution in [0.4, 0.5) is 11.4 Å². The molecule has 2 unspecified atom stereocenters. The van der Waals surface area contributed by atoms with Gasteiger partial charge in [0.15, 0.2) is 5.11 Å². The SMILES string of the molecule is CCC(=O)Nc1ccc(N2C(=S)NC(c3ccccn3)C2c2cc(C)n(-c3ccc(C(=O)OC)cc3)c2C)cc1C. The second-order valence-corrected chi connectivity index (χ2v) is 10.5. The number of rotatable bonds is 7. The van der Waals surface area contributed by atoms with Gasteiger partial charge in [0, 0.05) is 41.1 Å². The summed E-state index contributed by atoms with van der Waals surface area (Å²) in [5.74, 6) is -0.396. The van der Waals surface area contributed by atoms with Crippen LogP contribution in [0.2, 0.25) is 0 Å².